The fourth-order valence-electron chi connectivity index (χ4n) is 1.69. The largest absolute Gasteiger partial charge is 1.00 e. The first-order valence-corrected chi connectivity index (χ1v) is 6.37. The Morgan fingerprint density at radius 2 is 1.84 bits per heavy atom. The van der Waals surface area contributed by atoms with Gasteiger partial charge in [-0.05, 0) is 12.1 Å². The van der Waals surface area contributed by atoms with Crippen LogP contribution in [0, 0.1) is 0 Å². The maximum Gasteiger partial charge on any atom is 0.227 e. The minimum Gasteiger partial charge on any atom is -1.00 e. The molecule has 0 aliphatic heterocycles. The molecule has 0 unspecified atom stereocenters. The van der Waals surface area contributed by atoms with Gasteiger partial charge in [-0.2, -0.15) is 4.57 Å². The third-order valence-corrected chi connectivity index (χ3v) is 3.21. The van der Waals surface area contributed by atoms with Crippen molar-refractivity contribution >= 4 is 21.7 Å². The monoisotopic (exact) mass is 385 g/mol. The van der Waals surface area contributed by atoms with Gasteiger partial charge in [0.2, 0.25) is 18.0 Å². The molecule has 1 aromatic carbocycles. The zero-order valence-electron chi connectivity index (χ0n) is 10.1. The van der Waals surface area contributed by atoms with Gasteiger partial charge in [-0.1, -0.05) is 34.1 Å². The van der Waals surface area contributed by atoms with Gasteiger partial charge in [0, 0.05) is 22.2 Å². The highest BCUT2D eigenvalue weighted by atomic mass is 79.9. The van der Waals surface area contributed by atoms with E-state index in [-0.39, 0.29) is 35.9 Å². The molecule has 0 amide bonds. The summed E-state index contributed by atoms with van der Waals surface area (Å²) in [6, 6.07) is 12.7. The van der Waals surface area contributed by atoms with Crippen molar-refractivity contribution < 1.29 is 31.4 Å². The molecule has 2 rings (SSSR count). The highest BCUT2D eigenvalue weighted by molar-refractivity contribution is 9.10. The van der Waals surface area contributed by atoms with Gasteiger partial charge in [-0.3, -0.25) is 4.79 Å². The van der Waals surface area contributed by atoms with Crippen LogP contribution in [0.5, 0.6) is 0 Å². The lowest BCUT2D eigenvalue weighted by molar-refractivity contribution is -0.692. The van der Waals surface area contributed by atoms with Crippen molar-refractivity contribution in [3.63, 3.8) is 0 Å². The fourth-order valence-corrected chi connectivity index (χ4v) is 1.96. The molecule has 0 saturated carbocycles. The molecule has 19 heavy (non-hydrogen) atoms. The first-order valence-electron chi connectivity index (χ1n) is 5.57. The van der Waals surface area contributed by atoms with E-state index in [1.165, 1.54) is 0 Å². The summed E-state index contributed by atoms with van der Waals surface area (Å²) in [6.45, 7) is 0.160. The molecule has 1 heterocycles. The zero-order valence-corrected chi connectivity index (χ0v) is 13.3. The Balaban J connectivity index is 0.00000180. The van der Waals surface area contributed by atoms with Crippen LogP contribution >= 0.6 is 15.9 Å². The Labute approximate surface area is 130 Å². The lowest BCUT2D eigenvalue weighted by Gasteiger charge is -2.01. The number of rotatable bonds is 4. The number of carbonyl (C=O) groups is 1. The van der Waals surface area contributed by atoms with E-state index in [1.807, 2.05) is 24.3 Å². The molecular formula is C14H13Br2NO2. The molecule has 5 heteroatoms. The van der Waals surface area contributed by atoms with Crippen molar-refractivity contribution in [3.8, 4) is 0 Å². The zero-order chi connectivity index (χ0) is 13.0. The van der Waals surface area contributed by atoms with Gasteiger partial charge >= 0.3 is 0 Å². The molecule has 1 N–H and O–H groups in total. The number of halogens is 2. The fraction of sp³-hybridized carbons (Fsp3) is 0.143. The van der Waals surface area contributed by atoms with Crippen molar-refractivity contribution in [2.75, 3.05) is 0 Å². The van der Waals surface area contributed by atoms with Gasteiger partial charge in [0.25, 0.3) is 0 Å². The SMILES string of the molecule is O=C(C[n+]1ccccc1CO)c1ccc(Br)cc1.[Br-]. The first-order chi connectivity index (χ1) is 8.70. The Morgan fingerprint density at radius 1 is 1.16 bits per heavy atom. The topological polar surface area (TPSA) is 41.2 Å². The highest BCUT2D eigenvalue weighted by Crippen LogP contribution is 2.11. The number of aliphatic hydroxyl groups excluding tert-OH is 1. The van der Waals surface area contributed by atoms with E-state index in [0.29, 0.717) is 5.56 Å². The Hall–Kier alpha value is -1.04. The van der Waals surface area contributed by atoms with Crippen molar-refractivity contribution in [1.29, 1.82) is 0 Å². The second-order valence-corrected chi connectivity index (χ2v) is 4.82. The van der Waals surface area contributed by atoms with Gasteiger partial charge in [-0.25, -0.2) is 0 Å². The van der Waals surface area contributed by atoms with E-state index in [9.17, 15) is 9.90 Å². The first kappa shape index (κ1) is 16.0. The Kier molecular flexibility index (Phi) is 6.34. The summed E-state index contributed by atoms with van der Waals surface area (Å²) in [5.41, 5.74) is 1.39. The summed E-state index contributed by atoms with van der Waals surface area (Å²) in [7, 11) is 0. The highest BCUT2D eigenvalue weighted by Gasteiger charge is 2.15. The summed E-state index contributed by atoms with van der Waals surface area (Å²) >= 11 is 3.33. The van der Waals surface area contributed by atoms with E-state index >= 15 is 0 Å². The average molecular weight is 387 g/mol. The normalized spacial score (nSPS) is 9.79. The lowest BCUT2D eigenvalue weighted by Crippen LogP contribution is -3.00. The second kappa shape index (κ2) is 7.53. The molecule has 0 bridgehead atoms. The molecule has 100 valence electrons. The summed E-state index contributed by atoms with van der Waals surface area (Å²) in [6.07, 6.45) is 1.79. The van der Waals surface area contributed by atoms with Crippen LogP contribution in [0.3, 0.4) is 0 Å². The molecule has 2 aromatic rings. The number of aliphatic hydroxyl groups is 1. The predicted molar refractivity (Wildman–Crippen MR) is 71.0 cm³/mol. The number of pyridine rings is 1. The van der Waals surface area contributed by atoms with Crippen LogP contribution in [0.2, 0.25) is 0 Å². The quantitative estimate of drug-likeness (QED) is 0.547. The van der Waals surface area contributed by atoms with Crippen LogP contribution < -0.4 is 21.5 Å². The summed E-state index contributed by atoms with van der Waals surface area (Å²) in [4.78, 5) is 12.1. The molecule has 1 aromatic heterocycles. The third-order valence-electron chi connectivity index (χ3n) is 2.68. The van der Waals surface area contributed by atoms with Gasteiger partial charge in [-0.15, -0.1) is 0 Å². The number of Topliss-reactive ketones (excluding diaryl/α,β-unsaturated/α-hetero) is 1. The average Bonchev–Trinajstić information content (AvgIpc) is 2.40. The maximum absolute atomic E-state index is 12.1. The van der Waals surface area contributed by atoms with Crippen LogP contribution in [-0.2, 0) is 13.2 Å². The molecule has 0 aliphatic rings. The Bertz CT molecular complexity index is 556. The van der Waals surface area contributed by atoms with E-state index in [1.54, 1.807) is 29.0 Å². The Morgan fingerprint density at radius 3 is 2.47 bits per heavy atom. The third kappa shape index (κ3) is 4.23. The molecule has 0 atom stereocenters. The van der Waals surface area contributed by atoms with Crippen molar-refractivity contribution in [1.82, 2.24) is 0 Å². The number of benzene rings is 1. The molecule has 0 radical (unpaired) electrons. The van der Waals surface area contributed by atoms with E-state index in [4.69, 9.17) is 0 Å². The van der Waals surface area contributed by atoms with Gasteiger partial charge in [0.1, 0.15) is 6.61 Å². The predicted octanol–water partition coefficient (Wildman–Crippen LogP) is -0.884. The van der Waals surface area contributed by atoms with Crippen LogP contribution in [0.4, 0.5) is 0 Å². The summed E-state index contributed by atoms with van der Waals surface area (Å²) in [5, 5.41) is 9.20. The van der Waals surface area contributed by atoms with Gasteiger partial charge < -0.3 is 22.1 Å². The van der Waals surface area contributed by atoms with E-state index < -0.39 is 0 Å². The molecule has 0 saturated heterocycles. The molecule has 3 nitrogen and oxygen atoms in total. The molecule has 0 spiro atoms. The number of aromatic nitrogens is 1. The molecular weight excluding hydrogens is 374 g/mol. The number of ketones is 1. The molecule has 0 aliphatic carbocycles. The standard InChI is InChI=1S/C14H13BrNO2.BrH/c15-12-6-4-11(5-7-12)14(18)9-16-8-2-1-3-13(16)10-17;/h1-8,17H,9-10H2;1H/q+1;/p-1. The number of hydrogen-bond acceptors (Lipinski definition) is 2. The molecule has 0 fully saturated rings. The minimum atomic E-state index is -0.0749. The lowest BCUT2D eigenvalue weighted by atomic mass is 10.1. The smallest absolute Gasteiger partial charge is 0.227 e. The maximum atomic E-state index is 12.1. The van der Waals surface area contributed by atoms with E-state index in [2.05, 4.69) is 15.9 Å². The summed E-state index contributed by atoms with van der Waals surface area (Å²) in [5.74, 6) is 0.0217. The van der Waals surface area contributed by atoms with Crippen molar-refractivity contribution in [3.05, 3.63) is 64.4 Å². The van der Waals surface area contributed by atoms with E-state index in [0.717, 1.165) is 10.2 Å². The van der Waals surface area contributed by atoms with Gasteiger partial charge in [0.05, 0.1) is 0 Å². The number of hydrogen-bond donors (Lipinski definition) is 1. The number of nitrogens with zero attached hydrogens (tertiary/aromatic N) is 1. The second-order valence-electron chi connectivity index (χ2n) is 3.91. The van der Waals surface area contributed by atoms with Crippen LogP contribution in [0.25, 0.3) is 0 Å². The van der Waals surface area contributed by atoms with Crippen LogP contribution in [-0.4, -0.2) is 10.9 Å². The van der Waals surface area contributed by atoms with Crippen LogP contribution in [0.15, 0.2) is 53.1 Å². The summed E-state index contributed by atoms with van der Waals surface area (Å²) < 4.78 is 2.70. The number of carbonyl (C=O) groups excluding carboxylic acids is 1. The van der Waals surface area contributed by atoms with Gasteiger partial charge in [0.15, 0.2) is 6.20 Å². The van der Waals surface area contributed by atoms with Crippen molar-refractivity contribution in [2.45, 2.75) is 13.2 Å². The van der Waals surface area contributed by atoms with Crippen LogP contribution in [0.1, 0.15) is 16.1 Å². The minimum absolute atomic E-state index is 0. The van der Waals surface area contributed by atoms with Crippen molar-refractivity contribution in [2.24, 2.45) is 0 Å².